The Balaban J connectivity index is 1.26. The Morgan fingerprint density at radius 1 is 1.21 bits per heavy atom. The molecule has 236 valence electrons. The molecule has 2 aromatic rings. The van der Waals surface area contributed by atoms with Gasteiger partial charge in [0.1, 0.15) is 22.9 Å². The maximum Gasteiger partial charge on any atom is 0.266 e. The van der Waals surface area contributed by atoms with Crippen molar-refractivity contribution in [1.29, 1.82) is 0 Å². The van der Waals surface area contributed by atoms with E-state index in [2.05, 4.69) is 59.9 Å². The number of pyridine rings is 2. The highest BCUT2D eigenvalue weighted by Gasteiger charge is 2.34. The Hall–Kier alpha value is -2.60. The van der Waals surface area contributed by atoms with Crippen molar-refractivity contribution < 1.29 is 18.5 Å². The Morgan fingerprint density at radius 3 is 2.70 bits per heavy atom. The molecule has 0 spiro atoms. The predicted octanol–water partition coefficient (Wildman–Crippen LogP) is 5.11. The maximum atomic E-state index is 12.9. The van der Waals surface area contributed by atoms with Crippen molar-refractivity contribution in [2.45, 2.75) is 89.8 Å². The highest BCUT2D eigenvalue weighted by molar-refractivity contribution is 7.83. The van der Waals surface area contributed by atoms with Gasteiger partial charge in [-0.1, -0.05) is 38.4 Å². The molecule has 3 atom stereocenters. The van der Waals surface area contributed by atoms with Crippen LogP contribution in [-0.2, 0) is 20.5 Å². The molecule has 4 heterocycles. The van der Waals surface area contributed by atoms with Gasteiger partial charge in [0, 0.05) is 31.7 Å². The van der Waals surface area contributed by atoms with Crippen LogP contribution in [0.4, 0.5) is 11.6 Å². The standard InChI is InChI=1S/C31H45ClN6O4S/c1-30(2,3)15-8-18-42-23-14-17-38(29(23)40)25-13-12-22(27(32)36-25)28(39)37-43(41)26-11-6-10-24(35-26)33-16-7-9-21-19-31(4,5)34-20-21/h6,10-13,21,23,34H,7-9,14-20H2,1-5H3,(H,33,35)(H,37,39). The second-order valence-corrected chi connectivity index (χ2v) is 14.8. The Labute approximate surface area is 262 Å². The summed E-state index contributed by atoms with van der Waals surface area (Å²) in [5.41, 5.74) is 0.486. The summed E-state index contributed by atoms with van der Waals surface area (Å²) in [7, 11) is -1.90. The van der Waals surface area contributed by atoms with Crippen molar-refractivity contribution in [2.24, 2.45) is 11.3 Å². The van der Waals surface area contributed by atoms with Crippen molar-refractivity contribution in [3.05, 3.63) is 41.0 Å². The van der Waals surface area contributed by atoms with Crippen LogP contribution >= 0.6 is 11.6 Å². The van der Waals surface area contributed by atoms with Gasteiger partial charge < -0.3 is 15.4 Å². The normalized spacial score (nSPS) is 20.8. The van der Waals surface area contributed by atoms with E-state index in [-0.39, 0.29) is 32.6 Å². The average molecular weight is 633 g/mol. The summed E-state index contributed by atoms with van der Waals surface area (Å²) in [4.78, 5) is 36.0. The van der Waals surface area contributed by atoms with Crippen LogP contribution in [0.3, 0.4) is 0 Å². The number of aromatic nitrogens is 2. The number of anilines is 2. The monoisotopic (exact) mass is 632 g/mol. The van der Waals surface area contributed by atoms with Gasteiger partial charge in [-0.2, -0.15) is 0 Å². The topological polar surface area (TPSA) is 126 Å². The number of hydrogen-bond donors (Lipinski definition) is 3. The molecular weight excluding hydrogens is 588 g/mol. The van der Waals surface area contributed by atoms with E-state index in [4.69, 9.17) is 16.3 Å². The highest BCUT2D eigenvalue weighted by Crippen LogP contribution is 2.27. The molecule has 43 heavy (non-hydrogen) atoms. The lowest BCUT2D eigenvalue weighted by Crippen LogP contribution is -2.32. The van der Waals surface area contributed by atoms with Gasteiger partial charge in [-0.3, -0.25) is 19.2 Å². The van der Waals surface area contributed by atoms with Gasteiger partial charge in [-0.05, 0) is 88.1 Å². The molecule has 0 saturated carbocycles. The van der Waals surface area contributed by atoms with Crippen molar-refractivity contribution in [3.63, 3.8) is 0 Å². The summed E-state index contributed by atoms with van der Waals surface area (Å²) in [6, 6.07) is 8.19. The fourth-order valence-corrected chi connectivity index (χ4v) is 6.52. The van der Waals surface area contributed by atoms with Gasteiger partial charge in [0.05, 0.1) is 5.56 Å². The Kier molecular flexibility index (Phi) is 11.2. The van der Waals surface area contributed by atoms with Crippen molar-refractivity contribution >= 4 is 46.0 Å². The highest BCUT2D eigenvalue weighted by atomic mass is 35.5. The first-order chi connectivity index (χ1) is 20.3. The lowest BCUT2D eigenvalue weighted by Gasteiger charge is -2.19. The number of halogens is 1. The fourth-order valence-electron chi connectivity index (χ4n) is 5.51. The molecule has 0 aliphatic carbocycles. The second-order valence-electron chi connectivity index (χ2n) is 13.3. The minimum absolute atomic E-state index is 0.0549. The van der Waals surface area contributed by atoms with E-state index >= 15 is 0 Å². The molecule has 2 saturated heterocycles. The number of nitrogens with zero attached hydrogens (tertiary/aromatic N) is 3. The van der Waals surface area contributed by atoms with E-state index in [0.717, 1.165) is 38.8 Å². The summed E-state index contributed by atoms with van der Waals surface area (Å²) in [6.45, 7) is 13.8. The van der Waals surface area contributed by atoms with E-state index in [9.17, 15) is 13.8 Å². The summed E-state index contributed by atoms with van der Waals surface area (Å²) < 4.78 is 21.2. The van der Waals surface area contributed by atoms with Gasteiger partial charge in [-0.15, -0.1) is 0 Å². The Morgan fingerprint density at radius 2 is 2.00 bits per heavy atom. The molecule has 2 amide bonds. The number of hydrogen-bond acceptors (Lipinski definition) is 8. The number of rotatable bonds is 13. The van der Waals surface area contributed by atoms with Gasteiger partial charge in [-0.25, -0.2) is 14.2 Å². The van der Waals surface area contributed by atoms with Crippen molar-refractivity contribution in [2.75, 3.05) is 36.5 Å². The second kappa shape index (κ2) is 14.5. The Bertz CT molecular complexity index is 1320. The van der Waals surface area contributed by atoms with Crippen LogP contribution in [0.2, 0.25) is 5.15 Å². The molecular formula is C31H45ClN6O4S. The zero-order chi connectivity index (χ0) is 31.2. The number of amides is 2. The third kappa shape index (κ3) is 9.69. The minimum Gasteiger partial charge on any atom is -0.370 e. The molecule has 0 radical (unpaired) electrons. The average Bonchev–Trinajstić information content (AvgIpc) is 3.49. The number of carbonyl (C=O) groups excluding carboxylic acids is 2. The van der Waals surface area contributed by atoms with E-state index in [1.54, 1.807) is 18.2 Å². The third-order valence-corrected chi connectivity index (χ3v) is 9.03. The van der Waals surface area contributed by atoms with Gasteiger partial charge in [0.25, 0.3) is 11.8 Å². The van der Waals surface area contributed by atoms with E-state index in [1.807, 2.05) is 6.07 Å². The molecule has 2 aliphatic rings. The zero-order valence-electron chi connectivity index (χ0n) is 25.9. The fraction of sp³-hybridized carbons (Fsp3) is 0.613. The van der Waals surface area contributed by atoms with E-state index in [1.165, 1.54) is 17.4 Å². The van der Waals surface area contributed by atoms with Crippen LogP contribution in [0.1, 0.15) is 83.5 Å². The molecule has 2 fully saturated rings. The van der Waals surface area contributed by atoms with Crippen molar-refractivity contribution in [3.8, 4) is 0 Å². The minimum atomic E-state index is -1.90. The first-order valence-corrected chi connectivity index (χ1v) is 16.6. The zero-order valence-corrected chi connectivity index (χ0v) is 27.4. The van der Waals surface area contributed by atoms with Crippen LogP contribution in [-0.4, -0.2) is 63.9 Å². The van der Waals surface area contributed by atoms with Gasteiger partial charge in [0.15, 0.2) is 16.0 Å². The first-order valence-electron chi connectivity index (χ1n) is 15.1. The SMILES string of the molecule is CC(C)(C)CCCOC1CCN(c2ccc(C(=O)NS(=O)c3cccc(NCCCC4CNC(C)(C)C4)n3)c(Cl)n2)C1=O. The van der Waals surface area contributed by atoms with Gasteiger partial charge in [0.2, 0.25) is 0 Å². The number of carbonyl (C=O) groups is 2. The summed E-state index contributed by atoms with van der Waals surface area (Å²) in [6.07, 6.45) is 5.24. The van der Waals surface area contributed by atoms with E-state index < -0.39 is 23.0 Å². The smallest absolute Gasteiger partial charge is 0.266 e. The summed E-state index contributed by atoms with van der Waals surface area (Å²) in [5, 5.41) is 6.97. The largest absolute Gasteiger partial charge is 0.370 e. The lowest BCUT2D eigenvalue weighted by molar-refractivity contribution is -0.127. The van der Waals surface area contributed by atoms with Crippen LogP contribution in [0.25, 0.3) is 0 Å². The lowest BCUT2D eigenvalue weighted by atomic mass is 9.91. The van der Waals surface area contributed by atoms with Gasteiger partial charge >= 0.3 is 0 Å². The summed E-state index contributed by atoms with van der Waals surface area (Å²) in [5.74, 6) is 0.798. The molecule has 4 rings (SSSR count). The predicted molar refractivity (Wildman–Crippen MR) is 171 cm³/mol. The van der Waals surface area contributed by atoms with Crippen LogP contribution < -0.4 is 20.3 Å². The third-order valence-electron chi connectivity index (χ3n) is 7.76. The number of ether oxygens (including phenoxy) is 1. The quantitative estimate of drug-likeness (QED) is 0.205. The molecule has 2 aliphatic heterocycles. The molecule has 12 heteroatoms. The molecule has 2 aromatic heterocycles. The van der Waals surface area contributed by atoms with E-state index in [0.29, 0.717) is 37.1 Å². The van der Waals surface area contributed by atoms with Crippen molar-refractivity contribution in [1.82, 2.24) is 20.0 Å². The molecule has 0 aromatic carbocycles. The molecule has 3 N–H and O–H groups in total. The van der Waals surface area contributed by atoms with Crippen LogP contribution in [0.15, 0.2) is 35.4 Å². The first kappa shape index (κ1) is 33.3. The maximum absolute atomic E-state index is 12.9. The number of nitrogens with one attached hydrogen (secondary N) is 3. The van der Waals surface area contributed by atoms with Crippen LogP contribution in [0, 0.1) is 11.3 Å². The van der Waals surface area contributed by atoms with Crippen LogP contribution in [0.5, 0.6) is 0 Å². The molecule has 10 nitrogen and oxygen atoms in total. The summed E-state index contributed by atoms with van der Waals surface area (Å²) >= 11 is 6.35. The molecule has 3 unspecified atom stereocenters. The molecule has 0 bridgehead atoms.